The van der Waals surface area contributed by atoms with E-state index in [1.54, 1.807) is 0 Å². The second kappa shape index (κ2) is 11.8. The molecule has 1 aromatic heterocycles. The van der Waals surface area contributed by atoms with Crippen molar-refractivity contribution in [2.24, 2.45) is 0 Å². The van der Waals surface area contributed by atoms with Crippen LogP contribution in [-0.2, 0) is 4.75 Å². The Kier molecular flexibility index (Phi) is 7.10. The fourth-order valence-electron chi connectivity index (χ4n) is 7.17. The van der Waals surface area contributed by atoms with Crippen molar-refractivity contribution in [1.29, 1.82) is 0 Å². The third-order valence-electron chi connectivity index (χ3n) is 9.63. The fourth-order valence-corrected chi connectivity index (χ4v) is 8.32. The van der Waals surface area contributed by atoms with Gasteiger partial charge in [0.05, 0.1) is 17.1 Å². The lowest BCUT2D eigenvalue weighted by atomic mass is 9.90. The number of fused-ring (bicyclic) bond motifs is 4. The molecule has 0 unspecified atom stereocenters. The summed E-state index contributed by atoms with van der Waals surface area (Å²) < 4.78 is 2.25. The molecule has 0 radical (unpaired) electrons. The zero-order chi connectivity index (χ0) is 33.0. The highest BCUT2D eigenvalue weighted by Crippen LogP contribution is 2.52. The lowest BCUT2D eigenvalue weighted by Gasteiger charge is -2.33. The van der Waals surface area contributed by atoms with Gasteiger partial charge in [0, 0.05) is 15.9 Å². The minimum Gasteiger partial charge on any atom is -0.286 e. The molecule has 9 rings (SSSR count). The van der Waals surface area contributed by atoms with E-state index in [9.17, 15) is 0 Å². The maximum absolute atomic E-state index is 5.35. The summed E-state index contributed by atoms with van der Waals surface area (Å²) in [7, 11) is 0. The number of nitrogens with zero attached hydrogens (tertiary/aromatic N) is 2. The van der Waals surface area contributed by atoms with Gasteiger partial charge in [0.15, 0.2) is 5.16 Å². The standard InChI is InChI=1S/C46H34N2S/c1-46(2)41-25-24-37(30-42(41)48-44(34-19-10-5-11-20-34)43(47-45(48)49-46)33-17-8-4-9-18-33)40-28-38(31-14-6-3-7-15-31)27-39(29-40)36-23-22-32-16-12-13-21-35(32)26-36/h3-30H,1-2H3. The minimum atomic E-state index is -0.153. The summed E-state index contributed by atoms with van der Waals surface area (Å²) >= 11 is 1.84. The highest BCUT2D eigenvalue weighted by Gasteiger charge is 2.36. The maximum atomic E-state index is 5.35. The molecule has 8 aromatic rings. The molecule has 0 saturated heterocycles. The topological polar surface area (TPSA) is 17.8 Å². The van der Waals surface area contributed by atoms with Crippen molar-refractivity contribution >= 4 is 22.5 Å². The minimum absolute atomic E-state index is 0.153. The monoisotopic (exact) mass is 646 g/mol. The van der Waals surface area contributed by atoms with Crippen LogP contribution in [0.15, 0.2) is 175 Å². The Bertz CT molecular complexity index is 2480. The van der Waals surface area contributed by atoms with E-state index >= 15 is 0 Å². The molecule has 2 nitrogen and oxygen atoms in total. The van der Waals surface area contributed by atoms with Crippen LogP contribution in [-0.4, -0.2) is 9.55 Å². The van der Waals surface area contributed by atoms with Crippen LogP contribution in [0, 0.1) is 0 Å². The number of benzene rings is 7. The molecular weight excluding hydrogens is 613 g/mol. The summed E-state index contributed by atoms with van der Waals surface area (Å²) in [6, 6.07) is 61.4. The number of rotatable bonds is 5. The number of thioether (sulfide) groups is 1. The number of imidazole rings is 1. The van der Waals surface area contributed by atoms with Crippen molar-refractivity contribution in [3.63, 3.8) is 0 Å². The van der Waals surface area contributed by atoms with Crippen molar-refractivity contribution < 1.29 is 0 Å². The summed E-state index contributed by atoms with van der Waals surface area (Å²) in [6.45, 7) is 4.62. The maximum Gasteiger partial charge on any atom is 0.174 e. The zero-order valence-corrected chi connectivity index (χ0v) is 28.3. The molecule has 0 bridgehead atoms. The molecule has 2 heterocycles. The molecule has 3 heteroatoms. The Morgan fingerprint density at radius 1 is 0.449 bits per heavy atom. The first-order valence-electron chi connectivity index (χ1n) is 16.8. The van der Waals surface area contributed by atoms with E-state index in [1.807, 2.05) is 11.8 Å². The Labute approximate surface area is 291 Å². The van der Waals surface area contributed by atoms with E-state index in [2.05, 4.69) is 188 Å². The highest BCUT2D eigenvalue weighted by molar-refractivity contribution is 8.00. The van der Waals surface area contributed by atoms with Crippen LogP contribution < -0.4 is 0 Å². The average molecular weight is 647 g/mol. The van der Waals surface area contributed by atoms with Gasteiger partial charge in [-0.3, -0.25) is 4.57 Å². The van der Waals surface area contributed by atoms with E-state index in [0.717, 1.165) is 27.7 Å². The largest absolute Gasteiger partial charge is 0.286 e. The highest BCUT2D eigenvalue weighted by atomic mass is 32.2. The average Bonchev–Trinajstić information content (AvgIpc) is 3.54. The van der Waals surface area contributed by atoms with E-state index in [0.29, 0.717) is 0 Å². The molecule has 0 spiro atoms. The quantitative estimate of drug-likeness (QED) is 0.185. The van der Waals surface area contributed by atoms with Crippen LogP contribution in [0.2, 0.25) is 0 Å². The first-order valence-corrected chi connectivity index (χ1v) is 17.6. The van der Waals surface area contributed by atoms with E-state index < -0.39 is 0 Å². The molecule has 0 fully saturated rings. The molecule has 7 aromatic carbocycles. The van der Waals surface area contributed by atoms with Crippen molar-refractivity contribution in [2.75, 3.05) is 0 Å². The van der Waals surface area contributed by atoms with Gasteiger partial charge in [-0.1, -0.05) is 151 Å². The second-order valence-electron chi connectivity index (χ2n) is 13.2. The first-order chi connectivity index (χ1) is 24.0. The van der Waals surface area contributed by atoms with Gasteiger partial charge >= 0.3 is 0 Å². The first kappa shape index (κ1) is 29.5. The molecule has 49 heavy (non-hydrogen) atoms. The molecule has 1 aliphatic heterocycles. The van der Waals surface area contributed by atoms with Gasteiger partial charge in [-0.2, -0.15) is 0 Å². The van der Waals surface area contributed by atoms with Crippen LogP contribution >= 0.6 is 11.8 Å². The summed E-state index contributed by atoms with van der Waals surface area (Å²) in [4.78, 5) is 5.35. The summed E-state index contributed by atoms with van der Waals surface area (Å²) in [5.41, 5.74) is 14.1. The van der Waals surface area contributed by atoms with Gasteiger partial charge in [0.2, 0.25) is 0 Å². The zero-order valence-electron chi connectivity index (χ0n) is 27.5. The SMILES string of the molecule is CC1(C)Sc2nc(-c3ccccc3)c(-c3ccccc3)n2-c2cc(-c3cc(-c4ccccc4)cc(-c4ccc5ccccc5c4)c3)ccc21. The van der Waals surface area contributed by atoms with Gasteiger partial charge in [-0.25, -0.2) is 4.98 Å². The third kappa shape index (κ3) is 5.28. The van der Waals surface area contributed by atoms with Crippen molar-refractivity contribution in [3.8, 4) is 61.6 Å². The fraction of sp³-hybridized carbons (Fsp3) is 0.0652. The van der Waals surface area contributed by atoms with Crippen LogP contribution in [0.3, 0.4) is 0 Å². The Morgan fingerprint density at radius 2 is 0.980 bits per heavy atom. The summed E-state index contributed by atoms with van der Waals surface area (Å²) in [6.07, 6.45) is 0. The Hall–Kier alpha value is -5.64. The molecule has 0 saturated carbocycles. The van der Waals surface area contributed by atoms with Crippen molar-refractivity contribution in [3.05, 3.63) is 175 Å². The predicted molar refractivity (Wildman–Crippen MR) is 207 cm³/mol. The van der Waals surface area contributed by atoms with Gasteiger partial charge in [0.25, 0.3) is 0 Å². The number of hydrogen-bond donors (Lipinski definition) is 0. The molecule has 234 valence electrons. The van der Waals surface area contributed by atoms with Crippen LogP contribution in [0.5, 0.6) is 0 Å². The van der Waals surface area contributed by atoms with E-state index in [4.69, 9.17) is 4.98 Å². The van der Waals surface area contributed by atoms with Crippen LogP contribution in [0.4, 0.5) is 0 Å². The van der Waals surface area contributed by atoms with Crippen molar-refractivity contribution in [2.45, 2.75) is 23.8 Å². The van der Waals surface area contributed by atoms with Gasteiger partial charge in [-0.15, -0.1) is 0 Å². The predicted octanol–water partition coefficient (Wildman–Crippen LogP) is 12.7. The van der Waals surface area contributed by atoms with Crippen LogP contribution in [0.25, 0.3) is 72.4 Å². The van der Waals surface area contributed by atoms with Gasteiger partial charge < -0.3 is 0 Å². The second-order valence-corrected chi connectivity index (χ2v) is 14.8. The molecule has 0 atom stereocenters. The Balaban J connectivity index is 1.27. The number of hydrogen-bond acceptors (Lipinski definition) is 2. The smallest absolute Gasteiger partial charge is 0.174 e. The molecule has 0 aliphatic carbocycles. The summed E-state index contributed by atoms with van der Waals surface area (Å²) in [5, 5.41) is 3.51. The lowest BCUT2D eigenvalue weighted by Crippen LogP contribution is -2.22. The molecule has 0 amide bonds. The summed E-state index contributed by atoms with van der Waals surface area (Å²) in [5.74, 6) is 0. The Morgan fingerprint density at radius 3 is 1.65 bits per heavy atom. The van der Waals surface area contributed by atoms with Crippen LogP contribution in [0.1, 0.15) is 19.4 Å². The normalized spacial score (nSPS) is 13.2. The van der Waals surface area contributed by atoms with E-state index in [1.165, 1.54) is 55.4 Å². The van der Waals surface area contributed by atoms with Gasteiger partial charge in [0.1, 0.15) is 0 Å². The third-order valence-corrected chi connectivity index (χ3v) is 10.8. The van der Waals surface area contributed by atoms with Crippen molar-refractivity contribution in [1.82, 2.24) is 9.55 Å². The van der Waals surface area contributed by atoms with E-state index in [-0.39, 0.29) is 4.75 Å². The molecular formula is C46H34N2S. The lowest BCUT2D eigenvalue weighted by molar-refractivity contribution is 0.724. The number of aromatic nitrogens is 2. The molecule has 1 aliphatic rings. The molecule has 0 N–H and O–H groups in total. The van der Waals surface area contributed by atoms with Gasteiger partial charge in [-0.05, 0) is 93.9 Å².